The number of hydrogen-bond acceptors (Lipinski definition) is 5. The molecular weight excluding hydrogens is 296 g/mol. The van der Waals surface area contributed by atoms with Crippen molar-refractivity contribution in [2.75, 3.05) is 19.8 Å². The molecule has 5 heteroatoms. The molecule has 1 atom stereocenters. The van der Waals surface area contributed by atoms with Crippen LogP contribution in [0.5, 0.6) is 0 Å². The van der Waals surface area contributed by atoms with E-state index in [1.54, 1.807) is 17.6 Å². The molecule has 22 heavy (non-hydrogen) atoms. The molecule has 4 nitrogen and oxygen atoms in total. The van der Waals surface area contributed by atoms with Crippen molar-refractivity contribution < 1.29 is 9.15 Å². The van der Waals surface area contributed by atoms with Gasteiger partial charge in [0.05, 0.1) is 25.5 Å². The molecule has 1 unspecified atom stereocenters. The number of rotatable bonds is 3. The second-order valence-corrected chi connectivity index (χ2v) is 6.57. The summed E-state index contributed by atoms with van der Waals surface area (Å²) in [6, 6.07) is 8.67. The minimum absolute atomic E-state index is 0.257. The molecule has 0 radical (unpaired) electrons. The monoisotopic (exact) mass is 314 g/mol. The summed E-state index contributed by atoms with van der Waals surface area (Å²) in [6.07, 6.45) is 1.74. The van der Waals surface area contributed by atoms with E-state index < -0.39 is 0 Å². The number of aryl methyl sites for hydroxylation is 1. The lowest BCUT2D eigenvalue weighted by molar-refractivity contribution is -0.0128. The molecule has 1 aliphatic rings. The molecule has 0 bridgehead atoms. The highest BCUT2D eigenvalue weighted by Gasteiger charge is 2.27. The number of benzene rings is 1. The van der Waals surface area contributed by atoms with E-state index in [4.69, 9.17) is 9.15 Å². The van der Waals surface area contributed by atoms with Gasteiger partial charge in [0, 0.05) is 29.5 Å². The third kappa shape index (κ3) is 2.67. The van der Waals surface area contributed by atoms with E-state index in [1.165, 1.54) is 5.56 Å². The summed E-state index contributed by atoms with van der Waals surface area (Å²) in [5, 5.41) is 4.42. The summed E-state index contributed by atoms with van der Waals surface area (Å²) >= 11 is 1.73. The third-order valence-electron chi connectivity index (χ3n) is 4.06. The van der Waals surface area contributed by atoms with Crippen LogP contribution in [0.25, 0.3) is 11.0 Å². The van der Waals surface area contributed by atoms with Gasteiger partial charge in [-0.1, -0.05) is 6.07 Å². The normalized spacial score (nSPS) is 19.8. The molecule has 1 fully saturated rings. The van der Waals surface area contributed by atoms with Crippen molar-refractivity contribution >= 4 is 22.3 Å². The van der Waals surface area contributed by atoms with Gasteiger partial charge in [-0.2, -0.15) is 0 Å². The van der Waals surface area contributed by atoms with Gasteiger partial charge in [-0.15, -0.1) is 11.3 Å². The molecule has 0 saturated carbocycles. The van der Waals surface area contributed by atoms with Crippen LogP contribution >= 0.6 is 11.3 Å². The SMILES string of the molecule is Cc1csc(C2COCCN2Cc2ccc3occc3c2)n1. The lowest BCUT2D eigenvalue weighted by Crippen LogP contribution is -2.38. The number of thiazole rings is 1. The van der Waals surface area contributed by atoms with Crippen molar-refractivity contribution in [1.29, 1.82) is 0 Å². The predicted molar refractivity (Wildman–Crippen MR) is 87.0 cm³/mol. The Balaban J connectivity index is 1.58. The van der Waals surface area contributed by atoms with Gasteiger partial charge < -0.3 is 9.15 Å². The van der Waals surface area contributed by atoms with Gasteiger partial charge >= 0.3 is 0 Å². The number of ether oxygens (including phenoxy) is 1. The van der Waals surface area contributed by atoms with Gasteiger partial charge in [-0.05, 0) is 30.7 Å². The summed E-state index contributed by atoms with van der Waals surface area (Å²) in [6.45, 7) is 5.40. The average molecular weight is 314 g/mol. The van der Waals surface area contributed by atoms with E-state index in [0.717, 1.165) is 48.0 Å². The van der Waals surface area contributed by atoms with Gasteiger partial charge in [0.2, 0.25) is 0 Å². The molecule has 114 valence electrons. The van der Waals surface area contributed by atoms with Crippen LogP contribution in [0.2, 0.25) is 0 Å². The molecule has 0 N–H and O–H groups in total. The van der Waals surface area contributed by atoms with Gasteiger partial charge in [0.1, 0.15) is 10.6 Å². The molecule has 3 aromatic rings. The summed E-state index contributed by atoms with van der Waals surface area (Å²) < 4.78 is 11.1. The van der Waals surface area contributed by atoms with Crippen LogP contribution in [-0.4, -0.2) is 29.6 Å². The number of nitrogens with zero attached hydrogens (tertiary/aromatic N) is 2. The van der Waals surface area contributed by atoms with E-state index in [2.05, 4.69) is 27.4 Å². The molecule has 1 aromatic carbocycles. The van der Waals surface area contributed by atoms with Crippen LogP contribution in [0.4, 0.5) is 0 Å². The van der Waals surface area contributed by atoms with Crippen molar-refractivity contribution in [1.82, 2.24) is 9.88 Å². The Kier molecular flexibility index (Phi) is 3.70. The largest absolute Gasteiger partial charge is 0.464 e. The van der Waals surface area contributed by atoms with Crippen molar-refractivity contribution in [3.63, 3.8) is 0 Å². The Morgan fingerprint density at radius 3 is 3.18 bits per heavy atom. The molecular formula is C17H18N2O2S. The van der Waals surface area contributed by atoms with Gasteiger partial charge in [0.25, 0.3) is 0 Å². The first-order chi connectivity index (χ1) is 10.8. The highest BCUT2D eigenvalue weighted by molar-refractivity contribution is 7.09. The Morgan fingerprint density at radius 1 is 1.36 bits per heavy atom. The van der Waals surface area contributed by atoms with E-state index in [0.29, 0.717) is 0 Å². The Morgan fingerprint density at radius 2 is 2.32 bits per heavy atom. The summed E-state index contributed by atoms with van der Waals surface area (Å²) in [5.74, 6) is 0. The van der Waals surface area contributed by atoms with Crippen LogP contribution in [0.3, 0.4) is 0 Å². The fourth-order valence-electron chi connectivity index (χ4n) is 2.93. The Hall–Kier alpha value is -1.69. The molecule has 0 amide bonds. The lowest BCUT2D eigenvalue weighted by atomic mass is 10.1. The lowest BCUT2D eigenvalue weighted by Gasteiger charge is -2.34. The third-order valence-corrected chi connectivity index (χ3v) is 5.13. The second kappa shape index (κ2) is 5.83. The van der Waals surface area contributed by atoms with Crippen LogP contribution in [-0.2, 0) is 11.3 Å². The number of fused-ring (bicyclic) bond motifs is 1. The second-order valence-electron chi connectivity index (χ2n) is 5.68. The molecule has 0 spiro atoms. The summed E-state index contributed by atoms with van der Waals surface area (Å²) in [5.41, 5.74) is 3.33. The topological polar surface area (TPSA) is 38.5 Å². The first-order valence-electron chi connectivity index (χ1n) is 7.49. The number of furan rings is 1. The zero-order valence-corrected chi connectivity index (χ0v) is 13.3. The maximum atomic E-state index is 5.68. The number of aromatic nitrogens is 1. The highest BCUT2D eigenvalue weighted by Crippen LogP contribution is 2.29. The van der Waals surface area contributed by atoms with Gasteiger partial charge in [-0.25, -0.2) is 4.98 Å². The number of morpholine rings is 1. The smallest absolute Gasteiger partial charge is 0.133 e. The standard InChI is InChI=1S/C17H18N2O2S/c1-12-11-22-17(18-12)15-10-20-7-5-19(15)9-13-2-3-16-14(8-13)4-6-21-16/h2-4,6,8,11,15H,5,7,9-10H2,1H3. The Labute approximate surface area is 133 Å². The predicted octanol–water partition coefficient (Wildman–Crippen LogP) is 3.77. The maximum Gasteiger partial charge on any atom is 0.133 e. The van der Waals surface area contributed by atoms with Crippen molar-refractivity contribution in [2.45, 2.75) is 19.5 Å². The van der Waals surface area contributed by atoms with Crippen molar-refractivity contribution in [3.05, 3.63) is 52.2 Å². The minimum atomic E-state index is 0.257. The summed E-state index contributed by atoms with van der Waals surface area (Å²) in [4.78, 5) is 7.11. The molecule has 1 aliphatic heterocycles. The van der Waals surface area contributed by atoms with E-state index in [-0.39, 0.29) is 6.04 Å². The van der Waals surface area contributed by atoms with Crippen molar-refractivity contribution in [3.8, 4) is 0 Å². The fourth-order valence-corrected chi connectivity index (χ4v) is 3.84. The number of hydrogen-bond donors (Lipinski definition) is 0. The van der Waals surface area contributed by atoms with Crippen LogP contribution in [0.15, 0.2) is 40.3 Å². The maximum absolute atomic E-state index is 5.68. The average Bonchev–Trinajstić information content (AvgIpc) is 3.16. The molecule has 1 saturated heterocycles. The van der Waals surface area contributed by atoms with Crippen LogP contribution in [0, 0.1) is 6.92 Å². The van der Waals surface area contributed by atoms with E-state index >= 15 is 0 Å². The van der Waals surface area contributed by atoms with Crippen LogP contribution in [0.1, 0.15) is 22.3 Å². The highest BCUT2D eigenvalue weighted by atomic mass is 32.1. The van der Waals surface area contributed by atoms with E-state index in [9.17, 15) is 0 Å². The Bertz CT molecular complexity index is 780. The molecule has 2 aromatic heterocycles. The van der Waals surface area contributed by atoms with E-state index in [1.807, 2.05) is 19.1 Å². The minimum Gasteiger partial charge on any atom is -0.464 e. The zero-order valence-electron chi connectivity index (χ0n) is 12.5. The van der Waals surface area contributed by atoms with Crippen LogP contribution < -0.4 is 0 Å². The summed E-state index contributed by atoms with van der Waals surface area (Å²) in [7, 11) is 0. The van der Waals surface area contributed by atoms with Crippen molar-refractivity contribution in [2.24, 2.45) is 0 Å². The van der Waals surface area contributed by atoms with Gasteiger partial charge in [-0.3, -0.25) is 4.90 Å². The zero-order chi connectivity index (χ0) is 14.9. The first kappa shape index (κ1) is 13.9. The molecule has 3 heterocycles. The fraction of sp³-hybridized carbons (Fsp3) is 0.353. The first-order valence-corrected chi connectivity index (χ1v) is 8.37. The van der Waals surface area contributed by atoms with Gasteiger partial charge in [0.15, 0.2) is 0 Å². The molecule has 4 rings (SSSR count). The quantitative estimate of drug-likeness (QED) is 0.737. The molecule has 0 aliphatic carbocycles.